The number of H-pyrrole nitrogens is 2. The first-order valence-electron chi connectivity index (χ1n) is 7.80. The number of rotatable bonds is 4. The first-order valence-corrected chi connectivity index (χ1v) is 9.75. The van der Waals surface area contributed by atoms with Crippen LogP contribution in [0.3, 0.4) is 0 Å². The van der Waals surface area contributed by atoms with Crippen LogP contribution in [0.4, 0.5) is 0 Å². The summed E-state index contributed by atoms with van der Waals surface area (Å²) in [6, 6.07) is 13.3. The van der Waals surface area contributed by atoms with Crippen molar-refractivity contribution in [2.24, 2.45) is 0 Å². The zero-order chi connectivity index (χ0) is 19.0. The molecule has 2 N–H and O–H groups in total. The van der Waals surface area contributed by atoms with E-state index in [1.165, 1.54) is 0 Å². The van der Waals surface area contributed by atoms with Crippen molar-refractivity contribution in [3.8, 4) is 17.2 Å². The van der Waals surface area contributed by atoms with Gasteiger partial charge in [0.2, 0.25) is 5.82 Å². The fourth-order valence-corrected chi connectivity index (χ4v) is 3.85. The molecule has 4 aromatic rings. The summed E-state index contributed by atoms with van der Waals surface area (Å²) in [5.74, 6) is 0.431. The first kappa shape index (κ1) is 18.4. The minimum absolute atomic E-state index is 0.431. The van der Waals surface area contributed by atoms with Crippen molar-refractivity contribution in [3.63, 3.8) is 0 Å². The number of nitrogens with zero attached hydrogens (tertiary/aromatic N) is 4. The van der Waals surface area contributed by atoms with E-state index in [2.05, 4.69) is 41.7 Å². The van der Waals surface area contributed by atoms with Crippen molar-refractivity contribution in [2.75, 3.05) is 0 Å². The molecule has 0 atom stereocenters. The van der Waals surface area contributed by atoms with Crippen LogP contribution >= 0.6 is 51.3 Å². The van der Waals surface area contributed by atoms with Gasteiger partial charge in [0.05, 0.1) is 5.69 Å². The molecule has 10 heteroatoms. The van der Waals surface area contributed by atoms with Crippen molar-refractivity contribution >= 4 is 51.3 Å². The molecule has 0 aliphatic carbocycles. The number of hydrogen-bond acceptors (Lipinski definition) is 4. The molecule has 0 fully saturated rings. The summed E-state index contributed by atoms with van der Waals surface area (Å²) >= 11 is 21.5. The Balaban J connectivity index is 1.87. The van der Waals surface area contributed by atoms with Gasteiger partial charge in [-0.15, -0.1) is 10.2 Å². The van der Waals surface area contributed by atoms with Crippen molar-refractivity contribution in [1.82, 2.24) is 30.4 Å². The number of aromatic nitrogens is 6. The van der Waals surface area contributed by atoms with E-state index < -0.39 is 0 Å². The maximum absolute atomic E-state index is 6.15. The Kier molecular flexibility index (Phi) is 5.14. The van der Waals surface area contributed by atoms with Crippen molar-refractivity contribution in [2.45, 2.75) is 6.42 Å². The summed E-state index contributed by atoms with van der Waals surface area (Å²) in [5, 5.41) is 18.6. The Morgan fingerprint density at radius 3 is 2.41 bits per heavy atom. The van der Waals surface area contributed by atoms with E-state index in [0.29, 0.717) is 32.6 Å². The molecule has 27 heavy (non-hydrogen) atoms. The molecule has 4 rings (SSSR count). The Morgan fingerprint density at radius 1 is 1.07 bits per heavy atom. The Morgan fingerprint density at radius 2 is 1.78 bits per heavy atom. The third-order valence-electron chi connectivity index (χ3n) is 3.96. The van der Waals surface area contributed by atoms with Gasteiger partial charge in [0, 0.05) is 26.5 Å². The SMILES string of the molecule is S=c1c(Cc2ccc(Br)cc2)c(-c2nn[nH]n2)[nH]n1-c1cc(Cl)cc(Cl)c1. The van der Waals surface area contributed by atoms with Crippen LogP contribution in [0.25, 0.3) is 17.2 Å². The summed E-state index contributed by atoms with van der Waals surface area (Å²) in [6.45, 7) is 0. The molecule has 0 aliphatic rings. The van der Waals surface area contributed by atoms with E-state index in [-0.39, 0.29) is 0 Å². The maximum Gasteiger partial charge on any atom is 0.222 e. The molecule has 136 valence electrons. The van der Waals surface area contributed by atoms with Gasteiger partial charge in [0.1, 0.15) is 10.3 Å². The van der Waals surface area contributed by atoms with Crippen LogP contribution in [-0.2, 0) is 6.42 Å². The van der Waals surface area contributed by atoms with E-state index in [1.807, 2.05) is 24.3 Å². The molecule has 0 bridgehead atoms. The standard InChI is InChI=1S/C17H11BrCl2N6S/c18-10-3-1-9(2-4-10)5-14-15(16-21-24-25-22-16)23-26(17(14)27)13-7-11(19)6-12(20)8-13/h1-4,6-8,23H,5H2,(H,21,22,24,25). The lowest BCUT2D eigenvalue weighted by atomic mass is 10.1. The van der Waals surface area contributed by atoms with Gasteiger partial charge in [-0.2, -0.15) is 5.21 Å². The summed E-state index contributed by atoms with van der Waals surface area (Å²) in [5.41, 5.74) is 3.39. The van der Waals surface area contributed by atoms with E-state index in [1.54, 1.807) is 22.9 Å². The number of aromatic amines is 2. The largest absolute Gasteiger partial charge is 0.289 e. The lowest BCUT2D eigenvalue weighted by Gasteiger charge is -2.04. The van der Waals surface area contributed by atoms with Crippen LogP contribution in [0, 0.1) is 4.64 Å². The van der Waals surface area contributed by atoms with Crippen LogP contribution in [0.2, 0.25) is 10.0 Å². The minimum atomic E-state index is 0.431. The fourth-order valence-electron chi connectivity index (χ4n) is 2.75. The van der Waals surface area contributed by atoms with Gasteiger partial charge in [0.25, 0.3) is 0 Å². The van der Waals surface area contributed by atoms with Crippen LogP contribution < -0.4 is 0 Å². The number of nitrogens with one attached hydrogen (secondary N) is 2. The number of benzene rings is 2. The Bertz CT molecular complexity index is 1130. The first-order chi connectivity index (χ1) is 13.0. The average molecular weight is 482 g/mol. The van der Waals surface area contributed by atoms with Crippen molar-refractivity contribution in [3.05, 3.63) is 72.8 Å². The molecule has 2 aromatic heterocycles. The fraction of sp³-hybridized carbons (Fsp3) is 0.0588. The zero-order valence-corrected chi connectivity index (χ0v) is 17.5. The molecule has 0 spiro atoms. The highest BCUT2D eigenvalue weighted by Gasteiger charge is 2.18. The molecule has 0 saturated carbocycles. The lowest BCUT2D eigenvalue weighted by Crippen LogP contribution is -1.97. The second kappa shape index (κ2) is 7.55. The molecule has 0 amide bonds. The Hall–Kier alpha value is -2.00. The van der Waals surface area contributed by atoms with Crippen LogP contribution in [0.1, 0.15) is 11.1 Å². The van der Waals surface area contributed by atoms with E-state index in [4.69, 9.17) is 35.4 Å². The van der Waals surface area contributed by atoms with Crippen molar-refractivity contribution in [1.29, 1.82) is 0 Å². The second-order valence-corrected chi connectivity index (χ2v) is 7.95. The van der Waals surface area contributed by atoms with Gasteiger partial charge in [-0.25, -0.2) is 4.68 Å². The maximum atomic E-state index is 6.15. The molecule has 2 aromatic carbocycles. The van der Waals surface area contributed by atoms with Gasteiger partial charge in [-0.3, -0.25) is 5.10 Å². The smallest absolute Gasteiger partial charge is 0.222 e. The number of hydrogen-bond donors (Lipinski definition) is 2. The van der Waals surface area contributed by atoms with E-state index >= 15 is 0 Å². The summed E-state index contributed by atoms with van der Waals surface area (Å²) < 4.78 is 3.35. The minimum Gasteiger partial charge on any atom is -0.289 e. The third kappa shape index (κ3) is 3.84. The monoisotopic (exact) mass is 480 g/mol. The molecule has 2 heterocycles. The summed E-state index contributed by atoms with van der Waals surface area (Å²) in [6.07, 6.45) is 0.605. The predicted octanol–water partition coefficient (Wildman–Crippen LogP) is 5.38. The van der Waals surface area contributed by atoms with Gasteiger partial charge < -0.3 is 0 Å². The van der Waals surface area contributed by atoms with E-state index in [0.717, 1.165) is 21.3 Å². The van der Waals surface area contributed by atoms with Crippen molar-refractivity contribution < 1.29 is 0 Å². The molecule has 0 saturated heterocycles. The average Bonchev–Trinajstić information content (AvgIpc) is 3.25. The highest BCUT2D eigenvalue weighted by molar-refractivity contribution is 9.10. The molecule has 0 aliphatic heterocycles. The summed E-state index contributed by atoms with van der Waals surface area (Å²) in [7, 11) is 0. The molecule has 0 unspecified atom stereocenters. The molecule has 6 nitrogen and oxygen atoms in total. The second-order valence-electron chi connectivity index (χ2n) is 5.77. The van der Waals surface area contributed by atoms with Crippen LogP contribution in [-0.4, -0.2) is 30.4 Å². The van der Waals surface area contributed by atoms with Gasteiger partial charge >= 0.3 is 0 Å². The Labute approximate surface area is 177 Å². The highest BCUT2D eigenvalue weighted by atomic mass is 79.9. The predicted molar refractivity (Wildman–Crippen MR) is 111 cm³/mol. The molecular formula is C17H11BrCl2N6S. The normalized spacial score (nSPS) is 11.1. The zero-order valence-electron chi connectivity index (χ0n) is 13.6. The topological polar surface area (TPSA) is 75.2 Å². The van der Waals surface area contributed by atoms with Gasteiger partial charge in [-0.05, 0) is 41.1 Å². The lowest BCUT2D eigenvalue weighted by molar-refractivity contribution is 0.867. The van der Waals surface area contributed by atoms with E-state index in [9.17, 15) is 0 Å². The summed E-state index contributed by atoms with van der Waals surface area (Å²) in [4.78, 5) is 0. The molecule has 0 radical (unpaired) electrons. The van der Waals surface area contributed by atoms with Gasteiger partial charge in [0.15, 0.2) is 0 Å². The quantitative estimate of drug-likeness (QED) is 0.384. The molecular weight excluding hydrogens is 471 g/mol. The third-order valence-corrected chi connectivity index (χ3v) is 5.35. The van der Waals surface area contributed by atoms with Crippen LogP contribution in [0.15, 0.2) is 46.9 Å². The van der Waals surface area contributed by atoms with Gasteiger partial charge in [-0.1, -0.05) is 63.5 Å². The van der Waals surface area contributed by atoms with Crippen LogP contribution in [0.5, 0.6) is 0 Å². The highest BCUT2D eigenvalue weighted by Crippen LogP contribution is 2.27. The number of tetrazole rings is 1. The number of halogens is 3.